The summed E-state index contributed by atoms with van der Waals surface area (Å²) in [5, 5.41) is 6.77. The van der Waals surface area contributed by atoms with Crippen molar-refractivity contribution in [2.45, 2.75) is 34.1 Å². The minimum atomic E-state index is 0.116. The van der Waals surface area contributed by atoms with Gasteiger partial charge in [-0.25, -0.2) is 0 Å². The predicted molar refractivity (Wildman–Crippen MR) is 84.7 cm³/mol. The van der Waals surface area contributed by atoms with Gasteiger partial charge in [0.2, 0.25) is 0 Å². The second kappa shape index (κ2) is 6.65. The van der Waals surface area contributed by atoms with E-state index in [0.717, 1.165) is 30.9 Å². The normalized spacial score (nSPS) is 18.7. The minimum absolute atomic E-state index is 0.116. The maximum absolute atomic E-state index is 4.14. The molecule has 0 bridgehead atoms. The zero-order valence-corrected chi connectivity index (χ0v) is 12.8. The van der Waals surface area contributed by atoms with E-state index < -0.39 is 0 Å². The molecule has 0 aromatic heterocycles. The number of hydrogen-bond donors (Lipinski definition) is 2. The van der Waals surface area contributed by atoms with Crippen molar-refractivity contribution in [1.29, 1.82) is 0 Å². The Kier molecular flexibility index (Phi) is 5.46. The molecule has 0 aliphatic heterocycles. The molecule has 106 valence electrons. The summed E-state index contributed by atoms with van der Waals surface area (Å²) < 4.78 is 0. The predicted octanol–water partition coefficient (Wildman–Crippen LogP) is 3.76. The van der Waals surface area contributed by atoms with E-state index in [-0.39, 0.29) is 5.41 Å². The Bertz CT molecular complexity index is 394. The average molecular weight is 260 g/mol. The van der Waals surface area contributed by atoms with Gasteiger partial charge in [0.15, 0.2) is 0 Å². The van der Waals surface area contributed by atoms with Crippen LogP contribution in [0.4, 0.5) is 0 Å². The van der Waals surface area contributed by atoms with Crippen LogP contribution in [0.15, 0.2) is 48.4 Å². The summed E-state index contributed by atoms with van der Waals surface area (Å²) in [7, 11) is 0. The molecule has 0 fully saturated rings. The van der Waals surface area contributed by atoms with Crippen molar-refractivity contribution in [2.24, 2.45) is 11.3 Å². The lowest BCUT2D eigenvalue weighted by atomic mass is 9.93. The highest BCUT2D eigenvalue weighted by Gasteiger charge is 2.14. The van der Waals surface area contributed by atoms with Gasteiger partial charge >= 0.3 is 0 Å². The van der Waals surface area contributed by atoms with E-state index in [1.165, 1.54) is 5.57 Å². The zero-order valence-electron chi connectivity index (χ0n) is 12.8. The fourth-order valence-corrected chi connectivity index (χ4v) is 1.92. The van der Waals surface area contributed by atoms with Gasteiger partial charge < -0.3 is 10.6 Å². The summed E-state index contributed by atoms with van der Waals surface area (Å²) in [6.45, 7) is 18.6. The molecule has 1 rings (SSSR count). The van der Waals surface area contributed by atoms with E-state index in [2.05, 4.69) is 69.7 Å². The molecule has 0 heterocycles. The standard InChI is InChI=1S/C17H28N2/c1-13-8-7-9-16(12-13)14(2)18-10-11-19-15(3)17(4,5)6/h7-8,12,16,18-19H,2-3,9-11H2,1,4-6H3. The molecule has 0 aromatic carbocycles. The Morgan fingerprint density at radius 1 is 1.26 bits per heavy atom. The first-order valence-electron chi connectivity index (χ1n) is 7.01. The fraction of sp³-hybridized carbons (Fsp3) is 0.529. The van der Waals surface area contributed by atoms with Crippen molar-refractivity contribution >= 4 is 0 Å². The van der Waals surface area contributed by atoms with Crippen LogP contribution >= 0.6 is 0 Å². The third kappa shape index (κ3) is 5.37. The van der Waals surface area contributed by atoms with Crippen LogP contribution in [0.2, 0.25) is 0 Å². The molecule has 0 saturated carbocycles. The van der Waals surface area contributed by atoms with Crippen LogP contribution in [-0.2, 0) is 0 Å². The summed E-state index contributed by atoms with van der Waals surface area (Å²) in [5.41, 5.74) is 3.62. The topological polar surface area (TPSA) is 24.1 Å². The van der Waals surface area contributed by atoms with Crippen molar-refractivity contribution in [3.8, 4) is 0 Å². The monoisotopic (exact) mass is 260 g/mol. The molecule has 1 aliphatic rings. The summed E-state index contributed by atoms with van der Waals surface area (Å²) in [4.78, 5) is 0. The molecule has 1 atom stereocenters. The van der Waals surface area contributed by atoms with E-state index in [0.29, 0.717) is 5.92 Å². The third-order valence-corrected chi connectivity index (χ3v) is 3.40. The van der Waals surface area contributed by atoms with Gasteiger partial charge in [0.25, 0.3) is 0 Å². The minimum Gasteiger partial charge on any atom is -0.387 e. The van der Waals surface area contributed by atoms with Crippen LogP contribution in [0.5, 0.6) is 0 Å². The van der Waals surface area contributed by atoms with E-state index in [4.69, 9.17) is 0 Å². The Morgan fingerprint density at radius 2 is 1.89 bits per heavy atom. The molecule has 0 radical (unpaired) electrons. The Balaban J connectivity index is 2.25. The van der Waals surface area contributed by atoms with Gasteiger partial charge in [-0.2, -0.15) is 0 Å². The van der Waals surface area contributed by atoms with Crippen molar-refractivity contribution in [3.05, 3.63) is 48.4 Å². The van der Waals surface area contributed by atoms with E-state index in [1.54, 1.807) is 0 Å². The lowest BCUT2D eigenvalue weighted by molar-refractivity contribution is 0.460. The molecule has 0 amide bonds. The Labute approximate surface area is 118 Å². The summed E-state index contributed by atoms with van der Waals surface area (Å²) in [6.07, 6.45) is 7.70. The molecule has 2 N–H and O–H groups in total. The molecular weight excluding hydrogens is 232 g/mol. The maximum Gasteiger partial charge on any atom is 0.0317 e. The van der Waals surface area contributed by atoms with Gasteiger partial charge in [0.1, 0.15) is 0 Å². The largest absolute Gasteiger partial charge is 0.387 e. The van der Waals surface area contributed by atoms with Crippen LogP contribution in [0, 0.1) is 11.3 Å². The lowest BCUT2D eigenvalue weighted by Crippen LogP contribution is -2.31. The fourth-order valence-electron chi connectivity index (χ4n) is 1.92. The molecule has 0 saturated heterocycles. The highest BCUT2D eigenvalue weighted by Crippen LogP contribution is 2.21. The quantitative estimate of drug-likeness (QED) is 0.711. The zero-order chi connectivity index (χ0) is 14.5. The van der Waals surface area contributed by atoms with Crippen molar-refractivity contribution in [3.63, 3.8) is 0 Å². The SMILES string of the molecule is C=C(NCCNC(=C)C(C)(C)C)C1C=C(C)C=CC1. The van der Waals surface area contributed by atoms with Crippen molar-refractivity contribution in [1.82, 2.24) is 10.6 Å². The molecule has 0 aromatic rings. The van der Waals surface area contributed by atoms with Gasteiger partial charge in [-0.05, 0) is 13.3 Å². The average Bonchev–Trinajstić information content (AvgIpc) is 2.32. The number of nitrogens with one attached hydrogen (secondary N) is 2. The molecule has 2 heteroatoms. The second-order valence-corrected chi connectivity index (χ2v) is 6.26. The highest BCUT2D eigenvalue weighted by atomic mass is 15.0. The molecule has 1 unspecified atom stereocenters. The van der Waals surface area contributed by atoms with Crippen LogP contribution in [0.1, 0.15) is 34.1 Å². The van der Waals surface area contributed by atoms with Crippen molar-refractivity contribution < 1.29 is 0 Å². The third-order valence-electron chi connectivity index (χ3n) is 3.40. The molecule has 2 nitrogen and oxygen atoms in total. The summed E-state index contributed by atoms with van der Waals surface area (Å²) in [6, 6.07) is 0. The van der Waals surface area contributed by atoms with Crippen LogP contribution in [-0.4, -0.2) is 13.1 Å². The highest BCUT2D eigenvalue weighted by molar-refractivity contribution is 5.26. The molecular formula is C17H28N2. The van der Waals surface area contributed by atoms with E-state index >= 15 is 0 Å². The number of hydrogen-bond acceptors (Lipinski definition) is 2. The Hall–Kier alpha value is -1.44. The van der Waals surface area contributed by atoms with Crippen LogP contribution in [0.25, 0.3) is 0 Å². The first kappa shape index (κ1) is 15.6. The van der Waals surface area contributed by atoms with Gasteiger partial charge in [-0.3, -0.25) is 0 Å². The van der Waals surface area contributed by atoms with Gasteiger partial charge in [0, 0.05) is 35.8 Å². The Morgan fingerprint density at radius 3 is 2.47 bits per heavy atom. The summed E-state index contributed by atoms with van der Waals surface area (Å²) >= 11 is 0. The summed E-state index contributed by atoms with van der Waals surface area (Å²) in [5.74, 6) is 0.427. The number of rotatable bonds is 6. The first-order valence-corrected chi connectivity index (χ1v) is 7.01. The maximum atomic E-state index is 4.14. The lowest BCUT2D eigenvalue weighted by Gasteiger charge is -2.24. The van der Waals surface area contributed by atoms with Gasteiger partial charge in [0.05, 0.1) is 0 Å². The molecule has 1 aliphatic carbocycles. The molecule has 19 heavy (non-hydrogen) atoms. The molecule has 0 spiro atoms. The van der Waals surface area contributed by atoms with Gasteiger partial charge in [-0.1, -0.05) is 57.7 Å². The van der Waals surface area contributed by atoms with Crippen LogP contribution < -0.4 is 10.6 Å². The van der Waals surface area contributed by atoms with Crippen molar-refractivity contribution in [2.75, 3.05) is 13.1 Å². The smallest absolute Gasteiger partial charge is 0.0317 e. The van der Waals surface area contributed by atoms with E-state index in [1.807, 2.05) is 0 Å². The van der Waals surface area contributed by atoms with Gasteiger partial charge in [-0.15, -0.1) is 0 Å². The van der Waals surface area contributed by atoms with Crippen LogP contribution in [0.3, 0.4) is 0 Å². The van der Waals surface area contributed by atoms with E-state index in [9.17, 15) is 0 Å². The first-order chi connectivity index (χ1) is 8.80. The number of allylic oxidation sites excluding steroid dienone is 5. The second-order valence-electron chi connectivity index (χ2n) is 6.26.